The highest BCUT2D eigenvalue weighted by atomic mass is 16.5. The number of nitrogens with one attached hydrogen (secondary N) is 1. The summed E-state index contributed by atoms with van der Waals surface area (Å²) in [6.07, 6.45) is 3.21. The van der Waals surface area contributed by atoms with Gasteiger partial charge in [0.2, 0.25) is 0 Å². The van der Waals surface area contributed by atoms with Gasteiger partial charge in [-0.2, -0.15) is 4.98 Å². The van der Waals surface area contributed by atoms with Crippen LogP contribution < -0.4 is 11.1 Å². The van der Waals surface area contributed by atoms with Crippen LogP contribution >= 0.6 is 0 Å². The molecule has 110 valence electrons. The Balaban J connectivity index is 1.73. The molecule has 0 fully saturated rings. The average Bonchev–Trinajstić information content (AvgIpc) is 3.07. The molecule has 3 rings (SSSR count). The van der Waals surface area contributed by atoms with Crippen LogP contribution in [-0.2, 0) is 11.2 Å². The number of fused-ring (bicyclic) bond motifs is 1. The molecule has 1 aromatic carbocycles. The first-order valence-electron chi connectivity index (χ1n) is 6.95. The zero-order valence-corrected chi connectivity index (χ0v) is 11.8. The quantitative estimate of drug-likeness (QED) is 0.663. The molecule has 1 atom stereocenters. The van der Waals surface area contributed by atoms with Crippen LogP contribution in [-0.4, -0.2) is 17.6 Å². The van der Waals surface area contributed by atoms with Gasteiger partial charge in [-0.25, -0.2) is 4.79 Å². The van der Waals surface area contributed by atoms with Gasteiger partial charge in [0.1, 0.15) is 6.26 Å². The number of carbonyl (C=O) groups is 1. The maximum Gasteiger partial charge on any atom is 0.360 e. The Bertz CT molecular complexity index is 666. The Morgan fingerprint density at radius 2 is 2.43 bits per heavy atom. The van der Waals surface area contributed by atoms with Gasteiger partial charge in [-0.05, 0) is 43.0 Å². The van der Waals surface area contributed by atoms with Gasteiger partial charge in [-0.15, -0.1) is 0 Å². The van der Waals surface area contributed by atoms with E-state index in [1.165, 1.54) is 17.4 Å². The minimum absolute atomic E-state index is 0.120. The largest absolute Gasteiger partial charge is 0.461 e. The molecule has 1 aromatic heterocycles. The Kier molecular flexibility index (Phi) is 3.51. The zero-order chi connectivity index (χ0) is 14.8. The van der Waals surface area contributed by atoms with E-state index in [-0.39, 0.29) is 11.7 Å². The number of nitrogens with zero attached hydrogens (tertiary/aromatic N) is 1. The lowest BCUT2D eigenvalue weighted by molar-refractivity contribution is 0.0519. The van der Waals surface area contributed by atoms with Crippen LogP contribution in [0.5, 0.6) is 0 Å². The third-order valence-corrected chi connectivity index (χ3v) is 3.53. The van der Waals surface area contributed by atoms with Crippen molar-refractivity contribution in [1.29, 1.82) is 0 Å². The Morgan fingerprint density at radius 3 is 3.24 bits per heavy atom. The van der Waals surface area contributed by atoms with Crippen molar-refractivity contribution in [2.75, 3.05) is 17.7 Å². The number of aryl methyl sites for hydroxylation is 1. The molecule has 1 heterocycles. The van der Waals surface area contributed by atoms with Gasteiger partial charge in [0.15, 0.2) is 5.69 Å². The highest BCUT2D eigenvalue weighted by Crippen LogP contribution is 2.34. The first kappa shape index (κ1) is 13.5. The van der Waals surface area contributed by atoms with E-state index < -0.39 is 5.97 Å². The van der Waals surface area contributed by atoms with Crippen LogP contribution in [0.2, 0.25) is 0 Å². The van der Waals surface area contributed by atoms with Crippen LogP contribution in [0.25, 0.3) is 0 Å². The second-order valence-electron chi connectivity index (χ2n) is 4.95. The second kappa shape index (κ2) is 5.47. The summed E-state index contributed by atoms with van der Waals surface area (Å²) in [6.45, 7) is 2.06. The number of rotatable bonds is 4. The first-order chi connectivity index (χ1) is 10.2. The zero-order valence-electron chi connectivity index (χ0n) is 11.8. The summed E-state index contributed by atoms with van der Waals surface area (Å²) >= 11 is 0. The molecule has 0 saturated heterocycles. The summed E-state index contributed by atoms with van der Waals surface area (Å²) in [5.74, 6) is -0.478. The third-order valence-electron chi connectivity index (χ3n) is 3.53. The van der Waals surface area contributed by atoms with Gasteiger partial charge >= 0.3 is 5.97 Å². The molecule has 6 heteroatoms. The molecule has 3 N–H and O–H groups in total. The topological polar surface area (TPSA) is 90.4 Å². The maximum atomic E-state index is 11.5. The SMILES string of the molecule is CCOC(=O)c1coc(NC2CCc3cc(N)ccc32)n1. The van der Waals surface area contributed by atoms with Crippen LogP contribution in [0.1, 0.15) is 41.0 Å². The van der Waals surface area contributed by atoms with E-state index in [4.69, 9.17) is 14.9 Å². The molecule has 1 aliphatic carbocycles. The predicted molar refractivity (Wildman–Crippen MR) is 78.0 cm³/mol. The van der Waals surface area contributed by atoms with Crippen molar-refractivity contribution in [3.63, 3.8) is 0 Å². The molecule has 0 radical (unpaired) electrons. The molecule has 1 aliphatic rings. The van der Waals surface area contributed by atoms with Crippen molar-refractivity contribution in [2.45, 2.75) is 25.8 Å². The molecule has 0 bridgehead atoms. The average molecular weight is 287 g/mol. The number of nitrogens with two attached hydrogens (primary N) is 1. The number of esters is 1. The summed E-state index contributed by atoms with van der Waals surface area (Å²) in [6, 6.07) is 6.35. The third kappa shape index (κ3) is 2.69. The van der Waals surface area contributed by atoms with Crippen molar-refractivity contribution in [3.05, 3.63) is 41.3 Å². The van der Waals surface area contributed by atoms with Crippen LogP contribution in [0, 0.1) is 0 Å². The van der Waals surface area contributed by atoms with E-state index in [1.54, 1.807) is 6.92 Å². The van der Waals surface area contributed by atoms with Crippen LogP contribution in [0.3, 0.4) is 0 Å². The number of hydrogen-bond donors (Lipinski definition) is 2. The minimum atomic E-state index is -0.478. The highest BCUT2D eigenvalue weighted by molar-refractivity contribution is 5.87. The minimum Gasteiger partial charge on any atom is -0.461 e. The standard InChI is InChI=1S/C15H17N3O3/c1-2-20-14(19)13-8-21-15(18-13)17-12-6-3-9-7-10(16)4-5-11(9)12/h4-5,7-8,12H,2-3,6,16H2,1H3,(H,17,18). The highest BCUT2D eigenvalue weighted by Gasteiger charge is 2.24. The van der Waals surface area contributed by atoms with Gasteiger partial charge in [-0.1, -0.05) is 6.07 Å². The molecule has 2 aromatic rings. The van der Waals surface area contributed by atoms with Crippen LogP contribution in [0.4, 0.5) is 11.7 Å². The number of anilines is 2. The van der Waals surface area contributed by atoms with Gasteiger partial charge < -0.3 is 20.2 Å². The molecular weight excluding hydrogens is 270 g/mol. The number of benzene rings is 1. The fraction of sp³-hybridized carbons (Fsp3) is 0.333. The molecule has 0 saturated carbocycles. The summed E-state index contributed by atoms with van der Waals surface area (Å²) in [7, 11) is 0. The number of hydrogen-bond acceptors (Lipinski definition) is 6. The van der Waals surface area contributed by atoms with Gasteiger partial charge in [0.05, 0.1) is 12.6 Å². The van der Waals surface area contributed by atoms with Gasteiger partial charge in [-0.3, -0.25) is 0 Å². The molecule has 0 aliphatic heterocycles. The Morgan fingerprint density at radius 1 is 1.57 bits per heavy atom. The van der Waals surface area contributed by atoms with Crippen molar-refractivity contribution >= 4 is 17.7 Å². The molecule has 1 unspecified atom stereocenters. The Hall–Kier alpha value is -2.50. The van der Waals surface area contributed by atoms with Crippen molar-refractivity contribution in [3.8, 4) is 0 Å². The van der Waals surface area contributed by atoms with Crippen molar-refractivity contribution < 1.29 is 13.9 Å². The van der Waals surface area contributed by atoms with Crippen LogP contribution in [0.15, 0.2) is 28.9 Å². The molecule has 0 amide bonds. The first-order valence-corrected chi connectivity index (χ1v) is 6.95. The number of carbonyl (C=O) groups excluding carboxylic acids is 1. The number of aromatic nitrogens is 1. The molecular formula is C15H17N3O3. The van der Waals surface area contributed by atoms with E-state index in [9.17, 15) is 4.79 Å². The monoisotopic (exact) mass is 287 g/mol. The van der Waals surface area contributed by atoms with E-state index in [0.717, 1.165) is 18.5 Å². The van der Waals surface area contributed by atoms with Gasteiger partial charge in [0, 0.05) is 5.69 Å². The fourth-order valence-corrected chi connectivity index (χ4v) is 2.58. The second-order valence-corrected chi connectivity index (χ2v) is 4.95. The summed E-state index contributed by atoms with van der Waals surface area (Å²) in [5, 5.41) is 3.21. The lowest BCUT2D eigenvalue weighted by Crippen LogP contribution is -2.09. The number of oxazole rings is 1. The van der Waals surface area contributed by atoms with E-state index >= 15 is 0 Å². The van der Waals surface area contributed by atoms with E-state index in [2.05, 4.69) is 10.3 Å². The summed E-state index contributed by atoms with van der Waals surface area (Å²) in [4.78, 5) is 15.7. The van der Waals surface area contributed by atoms with Crippen molar-refractivity contribution in [2.24, 2.45) is 0 Å². The van der Waals surface area contributed by atoms with E-state index in [0.29, 0.717) is 12.6 Å². The molecule has 6 nitrogen and oxygen atoms in total. The predicted octanol–water partition coefficient (Wildman–Crippen LogP) is 2.53. The van der Waals surface area contributed by atoms with Gasteiger partial charge in [0.25, 0.3) is 6.01 Å². The lowest BCUT2D eigenvalue weighted by atomic mass is 10.1. The summed E-state index contributed by atoms with van der Waals surface area (Å²) < 4.78 is 10.2. The smallest absolute Gasteiger partial charge is 0.360 e. The molecule has 21 heavy (non-hydrogen) atoms. The summed E-state index contributed by atoms with van der Waals surface area (Å²) in [5.41, 5.74) is 9.18. The normalized spacial score (nSPS) is 16.5. The number of nitrogen functional groups attached to an aromatic ring is 1. The number of ether oxygens (including phenoxy) is 1. The van der Waals surface area contributed by atoms with Crippen molar-refractivity contribution in [1.82, 2.24) is 4.98 Å². The fourth-order valence-electron chi connectivity index (χ4n) is 2.58. The molecule has 0 spiro atoms. The maximum absolute atomic E-state index is 11.5. The lowest BCUT2D eigenvalue weighted by Gasteiger charge is -2.12. The van der Waals surface area contributed by atoms with E-state index in [1.807, 2.05) is 18.2 Å². The Labute approximate surface area is 122 Å².